The van der Waals surface area contributed by atoms with Crippen LogP contribution in [0, 0.1) is 20.9 Å². The second kappa shape index (κ2) is 11.0. The number of ether oxygens (including phenoxy) is 2. The summed E-state index contributed by atoms with van der Waals surface area (Å²) in [6.45, 7) is 17.0. The van der Waals surface area contributed by atoms with E-state index in [1.54, 1.807) is 31.3 Å². The molecule has 1 aliphatic heterocycles. The van der Waals surface area contributed by atoms with Crippen molar-refractivity contribution in [1.29, 1.82) is 0 Å². The Morgan fingerprint density at radius 3 is 2.40 bits per heavy atom. The molecule has 222 valence electrons. The molecule has 1 aliphatic rings. The van der Waals surface area contributed by atoms with Gasteiger partial charge in [0.2, 0.25) is 0 Å². The van der Waals surface area contributed by atoms with Crippen LogP contribution >= 0.6 is 0 Å². The second-order valence-electron chi connectivity index (χ2n) is 13.3. The van der Waals surface area contributed by atoms with Crippen LogP contribution in [0.1, 0.15) is 72.1 Å². The quantitative estimate of drug-likeness (QED) is 0.242. The highest BCUT2D eigenvalue weighted by Crippen LogP contribution is 2.53. The van der Waals surface area contributed by atoms with Gasteiger partial charge in [0, 0.05) is 24.2 Å². The number of benzene rings is 1. The number of nitrogens with zero attached hydrogens (tertiary/aromatic N) is 3. The van der Waals surface area contributed by atoms with Crippen LogP contribution in [0.5, 0.6) is 0 Å². The zero-order valence-corrected chi connectivity index (χ0v) is 26.1. The fourth-order valence-electron chi connectivity index (χ4n) is 5.27. The van der Waals surface area contributed by atoms with E-state index in [2.05, 4.69) is 4.98 Å². The molecule has 1 fully saturated rings. The largest absolute Gasteiger partial charge is 0.390 e. The van der Waals surface area contributed by atoms with E-state index < -0.39 is 59.5 Å². The van der Waals surface area contributed by atoms with E-state index in [0.717, 1.165) is 0 Å². The van der Waals surface area contributed by atoms with Gasteiger partial charge in [-0.3, -0.25) is 14.7 Å². The molecule has 12 heteroatoms. The molecule has 0 spiro atoms. The minimum atomic E-state index is -1.97. The van der Waals surface area contributed by atoms with Crippen molar-refractivity contribution in [3.8, 4) is 0 Å². The van der Waals surface area contributed by atoms with Gasteiger partial charge in [-0.25, -0.2) is 4.79 Å². The van der Waals surface area contributed by atoms with Crippen molar-refractivity contribution in [2.24, 2.45) is 10.8 Å². The normalized spacial score (nSPS) is 25.2. The maximum absolute atomic E-state index is 13.4. The standard InChI is InChI=1S/C28H44N4O7Si/c1-17(19-12-10-11-13-20(19)32(36)37)38-15-18-14-31(24(34)30-23(18)29)28(40(8)9)16-27(35,26(5,6)7)22(39-28)21(33)25(2,3)4/h10-14,17,21-22,33,35,40H,15-16H2,1-9H3,(H2,29,30,34)/t17?,21?,22-,27+,28+/m1/s1. The monoisotopic (exact) mass is 576 g/mol. The minimum Gasteiger partial charge on any atom is -0.390 e. The van der Waals surface area contributed by atoms with Gasteiger partial charge in [-0.1, -0.05) is 66.8 Å². The third-order valence-corrected chi connectivity index (χ3v) is 10.6. The zero-order chi connectivity index (χ0) is 30.4. The van der Waals surface area contributed by atoms with Crippen LogP contribution in [0.15, 0.2) is 35.3 Å². The van der Waals surface area contributed by atoms with Gasteiger partial charge in [-0.05, 0) is 23.8 Å². The minimum absolute atomic E-state index is 0.0214. The van der Waals surface area contributed by atoms with Gasteiger partial charge in [-0.15, -0.1) is 0 Å². The Bertz CT molecular complexity index is 1300. The number of rotatable bonds is 8. The smallest absolute Gasteiger partial charge is 0.351 e. The number of aliphatic hydroxyl groups is 2. The van der Waals surface area contributed by atoms with Crippen molar-refractivity contribution in [2.75, 3.05) is 5.73 Å². The van der Waals surface area contributed by atoms with Crippen LogP contribution in [-0.2, 0) is 21.4 Å². The maximum Gasteiger partial charge on any atom is 0.351 e. The average Bonchev–Trinajstić information content (AvgIpc) is 3.17. The number of nitrogen functional groups attached to an aromatic ring is 1. The summed E-state index contributed by atoms with van der Waals surface area (Å²) in [6.07, 6.45) is -0.989. The van der Waals surface area contributed by atoms with Gasteiger partial charge >= 0.3 is 5.69 Å². The Labute approximate surface area is 237 Å². The molecule has 0 radical (unpaired) electrons. The van der Waals surface area contributed by atoms with Crippen LogP contribution in [0.3, 0.4) is 0 Å². The molecule has 1 saturated heterocycles. The molecule has 2 heterocycles. The molecule has 0 aliphatic carbocycles. The van der Waals surface area contributed by atoms with Crippen molar-refractivity contribution in [3.05, 3.63) is 62.2 Å². The highest BCUT2D eigenvalue weighted by atomic mass is 28.3. The van der Waals surface area contributed by atoms with Gasteiger partial charge in [0.1, 0.15) is 22.9 Å². The van der Waals surface area contributed by atoms with Crippen LogP contribution in [0.2, 0.25) is 13.1 Å². The van der Waals surface area contributed by atoms with Crippen LogP contribution in [0.4, 0.5) is 11.5 Å². The maximum atomic E-state index is 13.4. The molecule has 11 nitrogen and oxygen atoms in total. The van der Waals surface area contributed by atoms with Crippen molar-refractivity contribution in [3.63, 3.8) is 0 Å². The topological polar surface area (TPSA) is 163 Å². The van der Waals surface area contributed by atoms with Crippen LogP contribution in [0.25, 0.3) is 0 Å². The number of nitrogens with two attached hydrogens (primary N) is 1. The highest BCUT2D eigenvalue weighted by molar-refractivity contribution is 6.58. The summed E-state index contributed by atoms with van der Waals surface area (Å²) in [5, 5.41) is 33.8. The molecule has 1 aromatic carbocycles. The molecule has 0 bridgehead atoms. The number of hydrogen-bond acceptors (Lipinski definition) is 9. The number of nitro groups is 1. The fraction of sp³-hybridized carbons (Fsp3) is 0.643. The summed E-state index contributed by atoms with van der Waals surface area (Å²) in [6, 6.07) is 6.33. The average molecular weight is 577 g/mol. The number of anilines is 1. The third kappa shape index (κ3) is 5.73. The van der Waals surface area contributed by atoms with E-state index in [0.29, 0.717) is 11.1 Å². The summed E-state index contributed by atoms with van der Waals surface area (Å²) in [5.41, 5.74) is 3.51. The molecular weight excluding hydrogens is 532 g/mol. The van der Waals surface area contributed by atoms with Gasteiger partial charge in [-0.2, -0.15) is 4.98 Å². The lowest BCUT2D eigenvalue weighted by Gasteiger charge is -2.44. The lowest BCUT2D eigenvalue weighted by molar-refractivity contribution is -0.386. The predicted molar refractivity (Wildman–Crippen MR) is 155 cm³/mol. The molecule has 2 aromatic rings. The van der Waals surface area contributed by atoms with Crippen molar-refractivity contribution < 1.29 is 24.6 Å². The van der Waals surface area contributed by atoms with Crippen LogP contribution < -0.4 is 11.4 Å². The number of hydrogen-bond donors (Lipinski definition) is 3. The highest BCUT2D eigenvalue weighted by Gasteiger charge is 2.65. The molecule has 4 N–H and O–H groups in total. The summed E-state index contributed by atoms with van der Waals surface area (Å²) < 4.78 is 14.0. The number of nitro benzene ring substituents is 1. The number of aliphatic hydroxyl groups excluding tert-OH is 1. The van der Waals surface area contributed by atoms with E-state index >= 15 is 0 Å². The lowest BCUT2D eigenvalue weighted by Crippen LogP contribution is -2.57. The van der Waals surface area contributed by atoms with Crippen molar-refractivity contribution in [1.82, 2.24) is 9.55 Å². The Balaban J connectivity index is 2.06. The summed E-state index contributed by atoms with van der Waals surface area (Å²) in [4.78, 5) is 28.4. The summed E-state index contributed by atoms with van der Waals surface area (Å²) >= 11 is 0. The molecule has 40 heavy (non-hydrogen) atoms. The molecule has 1 aromatic heterocycles. The summed E-state index contributed by atoms with van der Waals surface area (Å²) in [7, 11) is -1.97. The number of aromatic nitrogens is 2. The van der Waals surface area contributed by atoms with Gasteiger partial charge in [0.15, 0.2) is 0 Å². The van der Waals surface area contributed by atoms with E-state index in [1.165, 1.54) is 10.6 Å². The molecule has 3 rings (SSSR count). The Morgan fingerprint density at radius 2 is 1.88 bits per heavy atom. The fourth-order valence-corrected chi connectivity index (χ4v) is 7.15. The van der Waals surface area contributed by atoms with Gasteiger partial charge in [0.25, 0.3) is 5.69 Å². The summed E-state index contributed by atoms with van der Waals surface area (Å²) in [5.74, 6) is -0.0214. The van der Waals surface area contributed by atoms with Gasteiger partial charge in [0.05, 0.1) is 38.1 Å². The molecule has 0 saturated carbocycles. The predicted octanol–water partition coefficient (Wildman–Crippen LogP) is 3.66. The molecule has 2 unspecified atom stereocenters. The first kappa shape index (κ1) is 31.9. The molecule has 5 atom stereocenters. The second-order valence-corrected chi connectivity index (χ2v) is 16.5. The first-order valence-electron chi connectivity index (χ1n) is 13.6. The van der Waals surface area contributed by atoms with Crippen LogP contribution in [-0.4, -0.2) is 51.3 Å². The first-order valence-corrected chi connectivity index (χ1v) is 16.5. The first-order chi connectivity index (χ1) is 18.3. The van der Waals surface area contributed by atoms with E-state index in [-0.39, 0.29) is 24.5 Å². The van der Waals surface area contributed by atoms with E-state index in [4.69, 9.17) is 15.2 Å². The SMILES string of the molecule is CC(OCc1cn([C@@]2([SiH](C)C)C[C@@](O)(C(C)(C)C)[C@@H](C(O)C(C)(C)C)O2)c(=O)nc1N)c1ccccc1[N+](=O)[O-]. The Hall–Kier alpha value is -2.64. The van der Waals surface area contributed by atoms with E-state index in [9.17, 15) is 25.1 Å². The van der Waals surface area contributed by atoms with Gasteiger partial charge < -0.3 is 25.4 Å². The van der Waals surface area contributed by atoms with Crippen molar-refractivity contribution in [2.45, 2.75) is 104 Å². The number of para-hydroxylation sites is 1. The third-order valence-electron chi connectivity index (χ3n) is 8.20. The molecular formula is C28H44N4O7Si. The zero-order valence-electron chi connectivity index (χ0n) is 25.0. The molecule has 0 amide bonds. The lowest BCUT2D eigenvalue weighted by atomic mass is 9.68. The Morgan fingerprint density at radius 1 is 1.27 bits per heavy atom. The van der Waals surface area contributed by atoms with E-state index in [1.807, 2.05) is 54.6 Å². The van der Waals surface area contributed by atoms with Crippen molar-refractivity contribution >= 4 is 20.3 Å². The Kier molecular flexibility index (Phi) is 8.75.